The molecule has 0 saturated carbocycles. The standard InChI is InChI=1S/C24H32N6O/c1-15-7-4-5-8-17(15)22-19-13-29(11-16(19)12-30(22)21(31)14-28(2)3)23-18-9-6-10-20(18)26-24(25)27-23/h4-5,7-8,16,19,22H,6,9-14H2,1-3H3,(H2,25,26,27)/t16-,19-,22+/m1/s1. The van der Waals surface area contributed by atoms with Gasteiger partial charge in [-0.2, -0.15) is 4.98 Å². The van der Waals surface area contributed by atoms with Crippen molar-refractivity contribution in [2.24, 2.45) is 11.8 Å². The summed E-state index contributed by atoms with van der Waals surface area (Å²) in [5.74, 6) is 2.45. The molecule has 164 valence electrons. The number of fused-ring (bicyclic) bond motifs is 2. The van der Waals surface area contributed by atoms with Crippen LogP contribution in [0.15, 0.2) is 24.3 Å². The normalized spacial score (nSPS) is 24.7. The predicted molar refractivity (Wildman–Crippen MR) is 122 cm³/mol. The van der Waals surface area contributed by atoms with Gasteiger partial charge in [-0.25, -0.2) is 4.98 Å². The molecular weight excluding hydrogens is 388 g/mol. The number of carbonyl (C=O) groups is 1. The fourth-order valence-corrected chi connectivity index (χ4v) is 5.85. The first-order valence-corrected chi connectivity index (χ1v) is 11.3. The summed E-state index contributed by atoms with van der Waals surface area (Å²) in [6, 6.07) is 8.62. The van der Waals surface area contributed by atoms with E-state index in [-0.39, 0.29) is 11.9 Å². The molecule has 3 heterocycles. The first-order valence-electron chi connectivity index (χ1n) is 11.3. The molecule has 3 atom stereocenters. The molecule has 1 aliphatic carbocycles. The fourth-order valence-electron chi connectivity index (χ4n) is 5.85. The Bertz CT molecular complexity index is 1010. The molecule has 2 saturated heterocycles. The van der Waals surface area contributed by atoms with E-state index in [1.165, 1.54) is 16.7 Å². The summed E-state index contributed by atoms with van der Waals surface area (Å²) in [7, 11) is 3.92. The SMILES string of the molecule is Cc1ccccc1[C@H]1[C@@H]2CN(c3nc(N)nc4c3CCC4)C[C@@H]2CN1C(=O)CN(C)C. The third kappa shape index (κ3) is 3.55. The number of amides is 1. The maximum atomic E-state index is 13.2. The molecule has 3 aliphatic rings. The lowest BCUT2D eigenvalue weighted by atomic mass is 9.87. The number of benzene rings is 1. The zero-order valence-electron chi connectivity index (χ0n) is 18.7. The van der Waals surface area contributed by atoms with E-state index in [9.17, 15) is 4.79 Å². The number of carbonyl (C=O) groups excluding carboxylic acids is 1. The van der Waals surface area contributed by atoms with Crippen LogP contribution in [-0.4, -0.2) is 65.9 Å². The molecule has 7 nitrogen and oxygen atoms in total. The van der Waals surface area contributed by atoms with Gasteiger partial charge in [0.05, 0.1) is 18.3 Å². The van der Waals surface area contributed by atoms with E-state index in [0.717, 1.165) is 50.4 Å². The molecule has 0 radical (unpaired) electrons. The van der Waals surface area contributed by atoms with Crippen LogP contribution in [0.2, 0.25) is 0 Å². The van der Waals surface area contributed by atoms with E-state index in [1.54, 1.807) is 0 Å². The van der Waals surface area contributed by atoms with Crippen LogP contribution in [-0.2, 0) is 17.6 Å². The number of aryl methyl sites for hydroxylation is 2. The van der Waals surface area contributed by atoms with E-state index in [1.807, 2.05) is 19.0 Å². The Kier molecular flexibility index (Phi) is 5.08. The molecule has 2 aromatic rings. The van der Waals surface area contributed by atoms with Crippen molar-refractivity contribution < 1.29 is 4.79 Å². The van der Waals surface area contributed by atoms with Crippen molar-refractivity contribution in [2.75, 3.05) is 50.9 Å². The maximum Gasteiger partial charge on any atom is 0.237 e. The van der Waals surface area contributed by atoms with Gasteiger partial charge in [-0.15, -0.1) is 0 Å². The molecule has 2 N–H and O–H groups in total. The van der Waals surface area contributed by atoms with Gasteiger partial charge in [0.1, 0.15) is 5.82 Å². The highest BCUT2D eigenvalue weighted by atomic mass is 16.2. The number of likely N-dealkylation sites (tertiary alicyclic amines) is 1. The van der Waals surface area contributed by atoms with Crippen molar-refractivity contribution >= 4 is 17.7 Å². The van der Waals surface area contributed by atoms with E-state index < -0.39 is 0 Å². The molecule has 7 heteroatoms. The molecular formula is C24H32N6O. The Morgan fingerprint density at radius 3 is 2.74 bits per heavy atom. The number of aromatic nitrogens is 2. The predicted octanol–water partition coefficient (Wildman–Crippen LogP) is 2.05. The maximum absolute atomic E-state index is 13.2. The van der Waals surface area contributed by atoms with Gasteiger partial charge in [-0.05, 0) is 51.4 Å². The molecule has 1 aromatic heterocycles. The second kappa shape index (κ2) is 7.79. The average Bonchev–Trinajstić information content (AvgIpc) is 3.41. The van der Waals surface area contributed by atoms with Gasteiger partial charge >= 0.3 is 0 Å². The topological polar surface area (TPSA) is 78.6 Å². The Morgan fingerprint density at radius 2 is 1.97 bits per heavy atom. The number of nitrogen functional groups attached to an aromatic ring is 1. The van der Waals surface area contributed by atoms with E-state index >= 15 is 0 Å². The molecule has 1 aromatic carbocycles. The first-order chi connectivity index (χ1) is 14.9. The number of hydrogen-bond acceptors (Lipinski definition) is 6. The highest BCUT2D eigenvalue weighted by Gasteiger charge is 2.50. The molecule has 1 amide bonds. The van der Waals surface area contributed by atoms with Gasteiger partial charge in [0.15, 0.2) is 0 Å². The van der Waals surface area contributed by atoms with Crippen LogP contribution in [0.25, 0.3) is 0 Å². The molecule has 2 fully saturated rings. The van der Waals surface area contributed by atoms with Gasteiger partial charge in [0.25, 0.3) is 0 Å². The summed E-state index contributed by atoms with van der Waals surface area (Å²) in [4.78, 5) is 28.8. The highest BCUT2D eigenvalue weighted by molar-refractivity contribution is 5.79. The largest absolute Gasteiger partial charge is 0.368 e. The van der Waals surface area contributed by atoms with Crippen LogP contribution in [0.3, 0.4) is 0 Å². The van der Waals surface area contributed by atoms with Crippen LogP contribution in [0.5, 0.6) is 0 Å². The molecule has 0 spiro atoms. The number of rotatable bonds is 4. The molecule has 31 heavy (non-hydrogen) atoms. The summed E-state index contributed by atoms with van der Waals surface area (Å²) in [5, 5.41) is 0. The van der Waals surface area contributed by atoms with Gasteiger partial charge in [-0.3, -0.25) is 4.79 Å². The minimum absolute atomic E-state index is 0.107. The summed E-state index contributed by atoms with van der Waals surface area (Å²) in [5.41, 5.74) is 11.0. The highest BCUT2D eigenvalue weighted by Crippen LogP contribution is 2.47. The summed E-state index contributed by atoms with van der Waals surface area (Å²) >= 11 is 0. The van der Waals surface area contributed by atoms with Crippen molar-refractivity contribution in [3.63, 3.8) is 0 Å². The fraction of sp³-hybridized carbons (Fsp3) is 0.542. The van der Waals surface area contributed by atoms with E-state index in [2.05, 4.69) is 51.0 Å². The number of nitrogens with zero attached hydrogens (tertiary/aromatic N) is 5. The minimum atomic E-state index is 0.107. The molecule has 5 rings (SSSR count). The van der Waals surface area contributed by atoms with Gasteiger partial charge < -0.3 is 20.4 Å². The van der Waals surface area contributed by atoms with Crippen LogP contribution < -0.4 is 10.6 Å². The third-order valence-corrected chi connectivity index (χ3v) is 7.17. The van der Waals surface area contributed by atoms with Crippen LogP contribution in [0, 0.1) is 18.8 Å². The van der Waals surface area contributed by atoms with Crippen molar-refractivity contribution in [1.82, 2.24) is 19.8 Å². The number of likely N-dealkylation sites (N-methyl/N-ethyl adjacent to an activating group) is 1. The quantitative estimate of drug-likeness (QED) is 0.816. The van der Waals surface area contributed by atoms with Gasteiger partial charge in [0, 0.05) is 37.0 Å². The van der Waals surface area contributed by atoms with Crippen molar-refractivity contribution in [3.05, 3.63) is 46.6 Å². The lowest BCUT2D eigenvalue weighted by Crippen LogP contribution is -2.40. The molecule has 0 bridgehead atoms. The summed E-state index contributed by atoms with van der Waals surface area (Å²) in [6.07, 6.45) is 3.15. The van der Waals surface area contributed by atoms with Crippen molar-refractivity contribution in [2.45, 2.75) is 32.2 Å². The number of hydrogen-bond donors (Lipinski definition) is 1. The second-order valence-corrected chi connectivity index (χ2v) is 9.60. The van der Waals surface area contributed by atoms with E-state index in [0.29, 0.717) is 24.3 Å². The zero-order valence-corrected chi connectivity index (χ0v) is 18.7. The second-order valence-electron chi connectivity index (χ2n) is 9.60. The molecule has 2 aliphatic heterocycles. The summed E-state index contributed by atoms with van der Waals surface area (Å²) in [6.45, 7) is 5.22. The number of anilines is 2. The van der Waals surface area contributed by atoms with Gasteiger partial charge in [0.2, 0.25) is 11.9 Å². The first kappa shape index (κ1) is 20.2. The minimum Gasteiger partial charge on any atom is -0.368 e. The lowest BCUT2D eigenvalue weighted by molar-refractivity contribution is -0.133. The Morgan fingerprint density at radius 1 is 1.16 bits per heavy atom. The van der Waals surface area contributed by atoms with E-state index in [4.69, 9.17) is 5.73 Å². The third-order valence-electron chi connectivity index (χ3n) is 7.17. The van der Waals surface area contributed by atoms with Crippen molar-refractivity contribution in [3.8, 4) is 0 Å². The van der Waals surface area contributed by atoms with Crippen LogP contribution in [0.4, 0.5) is 11.8 Å². The van der Waals surface area contributed by atoms with Crippen LogP contribution in [0.1, 0.15) is 34.8 Å². The van der Waals surface area contributed by atoms with Crippen LogP contribution >= 0.6 is 0 Å². The number of nitrogens with two attached hydrogens (primary N) is 1. The van der Waals surface area contributed by atoms with Crippen molar-refractivity contribution in [1.29, 1.82) is 0 Å². The lowest BCUT2D eigenvalue weighted by Gasteiger charge is -2.32. The Labute approximate surface area is 184 Å². The molecule has 0 unspecified atom stereocenters. The smallest absolute Gasteiger partial charge is 0.237 e. The summed E-state index contributed by atoms with van der Waals surface area (Å²) < 4.78 is 0. The zero-order chi connectivity index (χ0) is 21.7. The average molecular weight is 421 g/mol. The van der Waals surface area contributed by atoms with Gasteiger partial charge in [-0.1, -0.05) is 24.3 Å². The monoisotopic (exact) mass is 420 g/mol. The Balaban J connectivity index is 1.47. The Hall–Kier alpha value is -2.67.